The van der Waals surface area contributed by atoms with Crippen LogP contribution in [0.25, 0.3) is 0 Å². The number of nitrogens with zero attached hydrogens (tertiary/aromatic N) is 2. The fourth-order valence-corrected chi connectivity index (χ4v) is 3.26. The summed E-state index contributed by atoms with van der Waals surface area (Å²) in [6.45, 7) is 1.11. The highest BCUT2D eigenvalue weighted by atomic mass is 35.5. The van der Waals surface area contributed by atoms with Crippen LogP contribution in [0.2, 0.25) is 10.0 Å². The monoisotopic (exact) mass is 396 g/mol. The normalized spacial score (nSPS) is 19.3. The zero-order chi connectivity index (χ0) is 18.4. The number of hydrogen-bond donors (Lipinski definition) is 2. The average molecular weight is 397 g/mol. The van der Waals surface area contributed by atoms with Crippen molar-refractivity contribution >= 4 is 29.2 Å². The Hall–Kier alpha value is -1.18. The van der Waals surface area contributed by atoms with E-state index in [4.69, 9.17) is 23.2 Å². The highest BCUT2D eigenvalue weighted by molar-refractivity contribution is 6.35. The summed E-state index contributed by atoms with van der Waals surface area (Å²) in [5.74, 6) is 0.750. The van der Waals surface area contributed by atoms with Gasteiger partial charge in [-0.2, -0.15) is 13.2 Å². The summed E-state index contributed by atoms with van der Waals surface area (Å²) in [7, 11) is 1.64. The minimum Gasteiger partial charge on any atom is -0.356 e. The van der Waals surface area contributed by atoms with Gasteiger partial charge in [-0.25, -0.2) is 0 Å². The molecule has 0 saturated carbocycles. The highest BCUT2D eigenvalue weighted by Gasteiger charge is 2.34. The lowest BCUT2D eigenvalue weighted by molar-refractivity contribution is -0.143. The number of halogens is 5. The molecule has 9 heteroatoms. The first-order chi connectivity index (χ1) is 11.8. The van der Waals surface area contributed by atoms with Gasteiger partial charge in [0.1, 0.15) is 0 Å². The van der Waals surface area contributed by atoms with Gasteiger partial charge in [-0.1, -0.05) is 29.3 Å². The minimum atomic E-state index is -4.14. The zero-order valence-corrected chi connectivity index (χ0v) is 15.3. The molecule has 1 aliphatic heterocycles. The van der Waals surface area contributed by atoms with E-state index in [0.29, 0.717) is 42.2 Å². The van der Waals surface area contributed by atoms with Crippen LogP contribution in [0.1, 0.15) is 12.0 Å². The molecule has 1 fully saturated rings. The molecule has 1 unspecified atom stereocenters. The summed E-state index contributed by atoms with van der Waals surface area (Å²) in [5, 5.41) is 7.43. The Morgan fingerprint density at radius 2 is 2.08 bits per heavy atom. The van der Waals surface area contributed by atoms with Crippen LogP contribution in [0.15, 0.2) is 23.2 Å². The molecule has 0 aliphatic carbocycles. The zero-order valence-electron chi connectivity index (χ0n) is 13.8. The first kappa shape index (κ1) is 20.1. The maximum Gasteiger partial charge on any atom is 0.401 e. The molecule has 0 bridgehead atoms. The minimum absolute atomic E-state index is 0.167. The number of rotatable bonds is 5. The molecule has 2 rings (SSSR count). The van der Waals surface area contributed by atoms with Gasteiger partial charge in [-0.3, -0.25) is 9.89 Å². The lowest BCUT2D eigenvalue weighted by Crippen LogP contribution is -2.40. The van der Waals surface area contributed by atoms with Crippen LogP contribution in [0, 0.1) is 5.92 Å². The summed E-state index contributed by atoms with van der Waals surface area (Å²) in [6, 6.07) is 5.26. The molecule has 4 nitrogen and oxygen atoms in total. The summed E-state index contributed by atoms with van der Waals surface area (Å²) >= 11 is 12.0. The third kappa shape index (κ3) is 6.92. The fourth-order valence-electron chi connectivity index (χ4n) is 2.78. The predicted octanol–water partition coefficient (Wildman–Crippen LogP) is 3.54. The predicted molar refractivity (Wildman–Crippen MR) is 95.3 cm³/mol. The van der Waals surface area contributed by atoms with Crippen LogP contribution in [0.5, 0.6) is 0 Å². The van der Waals surface area contributed by atoms with Crippen molar-refractivity contribution in [3.8, 4) is 0 Å². The molecule has 1 aliphatic rings. The van der Waals surface area contributed by atoms with Crippen LogP contribution < -0.4 is 10.6 Å². The van der Waals surface area contributed by atoms with Crippen molar-refractivity contribution in [1.29, 1.82) is 0 Å². The van der Waals surface area contributed by atoms with Crippen LogP contribution in [-0.2, 0) is 6.54 Å². The van der Waals surface area contributed by atoms with E-state index in [-0.39, 0.29) is 5.92 Å². The molecule has 0 spiro atoms. The second kappa shape index (κ2) is 8.96. The maximum absolute atomic E-state index is 12.4. The number of aliphatic imine (C=N–C) groups is 1. The summed E-state index contributed by atoms with van der Waals surface area (Å²) in [5.41, 5.74) is 0.881. The van der Waals surface area contributed by atoms with Gasteiger partial charge in [0.2, 0.25) is 0 Å². The molecule has 25 heavy (non-hydrogen) atoms. The lowest BCUT2D eigenvalue weighted by atomic mass is 10.1. The van der Waals surface area contributed by atoms with E-state index in [1.54, 1.807) is 19.2 Å². The van der Waals surface area contributed by atoms with Crippen molar-refractivity contribution in [2.24, 2.45) is 10.9 Å². The third-order valence-electron chi connectivity index (χ3n) is 4.02. The van der Waals surface area contributed by atoms with Gasteiger partial charge < -0.3 is 10.6 Å². The van der Waals surface area contributed by atoms with E-state index >= 15 is 0 Å². The van der Waals surface area contributed by atoms with Gasteiger partial charge in [0, 0.05) is 36.7 Å². The maximum atomic E-state index is 12.4. The number of hydrogen-bond acceptors (Lipinski definition) is 2. The van der Waals surface area contributed by atoms with Crippen LogP contribution in [0.4, 0.5) is 13.2 Å². The summed E-state index contributed by atoms with van der Waals surface area (Å²) in [6.07, 6.45) is -3.40. The van der Waals surface area contributed by atoms with E-state index < -0.39 is 12.7 Å². The van der Waals surface area contributed by atoms with Gasteiger partial charge in [0.25, 0.3) is 0 Å². The van der Waals surface area contributed by atoms with Gasteiger partial charge >= 0.3 is 6.18 Å². The molecule has 1 saturated heterocycles. The number of guanidine groups is 1. The van der Waals surface area contributed by atoms with E-state index in [9.17, 15) is 13.2 Å². The molecular weight excluding hydrogens is 376 g/mol. The molecule has 0 aromatic heterocycles. The Morgan fingerprint density at radius 1 is 1.32 bits per heavy atom. The molecule has 1 aromatic carbocycles. The van der Waals surface area contributed by atoms with E-state index in [1.807, 2.05) is 6.07 Å². The second-order valence-corrected chi connectivity index (χ2v) is 6.89. The van der Waals surface area contributed by atoms with E-state index in [2.05, 4.69) is 15.6 Å². The summed E-state index contributed by atoms with van der Waals surface area (Å²) < 4.78 is 37.3. The van der Waals surface area contributed by atoms with Crippen molar-refractivity contribution in [2.45, 2.75) is 19.1 Å². The quantitative estimate of drug-likeness (QED) is 0.590. The van der Waals surface area contributed by atoms with Crippen LogP contribution in [0.3, 0.4) is 0 Å². The molecular formula is C16H21Cl2F3N4. The highest BCUT2D eigenvalue weighted by Crippen LogP contribution is 2.22. The molecule has 1 atom stereocenters. The SMILES string of the molecule is CN=C(NCc1ccc(Cl)cc1Cl)NCC1CCN(CC(F)(F)F)C1. The number of benzene rings is 1. The Morgan fingerprint density at radius 3 is 2.72 bits per heavy atom. The number of alkyl halides is 3. The lowest BCUT2D eigenvalue weighted by Gasteiger charge is -2.19. The van der Waals surface area contributed by atoms with E-state index in [0.717, 1.165) is 12.0 Å². The topological polar surface area (TPSA) is 39.7 Å². The van der Waals surface area contributed by atoms with Crippen molar-refractivity contribution in [3.05, 3.63) is 33.8 Å². The fraction of sp³-hybridized carbons (Fsp3) is 0.562. The molecule has 140 valence electrons. The van der Waals surface area contributed by atoms with Crippen molar-refractivity contribution in [1.82, 2.24) is 15.5 Å². The molecule has 1 aromatic rings. The summed E-state index contributed by atoms with van der Waals surface area (Å²) in [4.78, 5) is 5.56. The van der Waals surface area contributed by atoms with Crippen molar-refractivity contribution in [3.63, 3.8) is 0 Å². The standard InChI is InChI=1S/C16H21Cl2F3N4/c1-22-15(24-8-12-2-3-13(17)6-14(12)18)23-7-11-4-5-25(9-11)10-16(19,20)21/h2-3,6,11H,4-5,7-10H2,1H3,(H2,22,23,24). The van der Waals surface area contributed by atoms with Crippen molar-refractivity contribution < 1.29 is 13.2 Å². The van der Waals surface area contributed by atoms with Gasteiger partial charge in [0.05, 0.1) is 6.54 Å². The third-order valence-corrected chi connectivity index (χ3v) is 4.60. The van der Waals surface area contributed by atoms with Crippen LogP contribution >= 0.6 is 23.2 Å². The van der Waals surface area contributed by atoms with E-state index in [1.165, 1.54) is 4.90 Å². The average Bonchev–Trinajstić information content (AvgIpc) is 2.94. The largest absolute Gasteiger partial charge is 0.401 e. The second-order valence-electron chi connectivity index (χ2n) is 6.05. The van der Waals surface area contributed by atoms with Crippen molar-refractivity contribution in [2.75, 3.05) is 33.2 Å². The smallest absolute Gasteiger partial charge is 0.356 e. The molecule has 0 amide bonds. The Bertz CT molecular complexity index is 608. The molecule has 0 radical (unpaired) electrons. The van der Waals surface area contributed by atoms with Crippen LogP contribution in [-0.4, -0.2) is 50.3 Å². The molecule has 1 heterocycles. The number of nitrogens with one attached hydrogen (secondary N) is 2. The first-order valence-electron chi connectivity index (χ1n) is 7.94. The Labute approximate surface area is 155 Å². The molecule has 2 N–H and O–H groups in total. The van der Waals surface area contributed by atoms with Gasteiger partial charge in [-0.15, -0.1) is 0 Å². The Balaban J connectivity index is 1.76. The van der Waals surface area contributed by atoms with Gasteiger partial charge in [0.15, 0.2) is 5.96 Å². The van der Waals surface area contributed by atoms with Gasteiger partial charge in [-0.05, 0) is 36.6 Å². The first-order valence-corrected chi connectivity index (χ1v) is 8.70. The Kier molecular flexibility index (Phi) is 7.22. The number of likely N-dealkylation sites (tertiary alicyclic amines) is 1.